The number of thiophene rings is 1. The lowest BCUT2D eigenvalue weighted by atomic mass is 9.92. The summed E-state index contributed by atoms with van der Waals surface area (Å²) >= 11 is 5.41. The minimum atomic E-state index is 0.353. The van der Waals surface area contributed by atoms with Crippen LogP contribution in [0.15, 0.2) is 46.3 Å². The highest BCUT2D eigenvalue weighted by Gasteiger charge is 2.21. The van der Waals surface area contributed by atoms with Gasteiger partial charge in [-0.1, -0.05) is 37.3 Å². The molecular formula is C14H16BrNS. The number of hydrogen-bond acceptors (Lipinski definition) is 2. The molecule has 0 bridgehead atoms. The maximum atomic E-state index is 3.62. The average molecular weight is 310 g/mol. The Morgan fingerprint density at radius 3 is 2.41 bits per heavy atom. The summed E-state index contributed by atoms with van der Waals surface area (Å²) in [5, 5.41) is 5.55. The highest BCUT2D eigenvalue weighted by molar-refractivity contribution is 9.10. The molecule has 1 aromatic carbocycles. The number of benzene rings is 1. The molecule has 0 aliphatic heterocycles. The Hall–Kier alpha value is -0.640. The Kier molecular flexibility index (Phi) is 4.37. The van der Waals surface area contributed by atoms with Crippen molar-refractivity contribution in [1.29, 1.82) is 0 Å². The quantitative estimate of drug-likeness (QED) is 0.872. The molecule has 1 heterocycles. The van der Waals surface area contributed by atoms with Crippen LogP contribution in [0.5, 0.6) is 0 Å². The van der Waals surface area contributed by atoms with E-state index < -0.39 is 0 Å². The molecule has 2 unspecified atom stereocenters. The van der Waals surface area contributed by atoms with Crippen molar-refractivity contribution in [1.82, 2.24) is 5.32 Å². The van der Waals surface area contributed by atoms with Gasteiger partial charge in [-0.15, -0.1) is 11.3 Å². The summed E-state index contributed by atoms with van der Waals surface area (Å²) < 4.78 is 1.20. The Labute approximate surface area is 115 Å². The zero-order chi connectivity index (χ0) is 12.3. The van der Waals surface area contributed by atoms with Crippen molar-refractivity contribution < 1.29 is 0 Å². The zero-order valence-electron chi connectivity index (χ0n) is 9.98. The second-order valence-electron chi connectivity index (χ2n) is 4.10. The van der Waals surface area contributed by atoms with Crippen LogP contribution in [0.2, 0.25) is 0 Å². The molecule has 1 N–H and O–H groups in total. The van der Waals surface area contributed by atoms with Gasteiger partial charge in [0.1, 0.15) is 0 Å². The summed E-state index contributed by atoms with van der Waals surface area (Å²) in [5.41, 5.74) is 1.37. The van der Waals surface area contributed by atoms with E-state index in [0.29, 0.717) is 12.0 Å². The predicted molar refractivity (Wildman–Crippen MR) is 78.7 cm³/mol. The Bertz CT molecular complexity index is 466. The number of hydrogen-bond donors (Lipinski definition) is 1. The molecule has 1 aromatic heterocycles. The third-order valence-corrected chi connectivity index (χ3v) is 5.02. The first-order valence-corrected chi connectivity index (χ1v) is 7.36. The van der Waals surface area contributed by atoms with Crippen LogP contribution in [0.4, 0.5) is 0 Å². The Morgan fingerprint density at radius 2 is 1.88 bits per heavy atom. The van der Waals surface area contributed by atoms with Crippen LogP contribution in [0.25, 0.3) is 0 Å². The normalized spacial score (nSPS) is 14.5. The molecule has 0 spiro atoms. The molecular weight excluding hydrogens is 294 g/mol. The van der Waals surface area contributed by atoms with E-state index in [-0.39, 0.29) is 0 Å². The molecule has 0 aliphatic carbocycles. The first-order valence-electron chi connectivity index (χ1n) is 5.69. The predicted octanol–water partition coefficient (Wildman–Crippen LogP) is 4.57. The lowest BCUT2D eigenvalue weighted by Crippen LogP contribution is -2.21. The van der Waals surface area contributed by atoms with Crippen LogP contribution in [-0.2, 0) is 0 Å². The Morgan fingerprint density at radius 1 is 1.18 bits per heavy atom. The second-order valence-corrected chi connectivity index (χ2v) is 5.90. The SMILES string of the molecule is CNC(c1sccc1Br)C(C)c1ccccc1. The van der Waals surface area contributed by atoms with Gasteiger partial charge in [-0.25, -0.2) is 0 Å². The van der Waals surface area contributed by atoms with Gasteiger partial charge in [-0.2, -0.15) is 0 Å². The van der Waals surface area contributed by atoms with Gasteiger partial charge in [0.15, 0.2) is 0 Å². The molecule has 0 saturated heterocycles. The van der Waals surface area contributed by atoms with E-state index in [2.05, 4.69) is 69.9 Å². The molecule has 0 fully saturated rings. The van der Waals surface area contributed by atoms with Crippen molar-refractivity contribution in [2.75, 3.05) is 7.05 Å². The third-order valence-electron chi connectivity index (χ3n) is 3.06. The number of rotatable bonds is 4. The summed E-state index contributed by atoms with van der Waals surface area (Å²) in [6.07, 6.45) is 0. The zero-order valence-corrected chi connectivity index (χ0v) is 12.4. The van der Waals surface area contributed by atoms with Gasteiger partial charge < -0.3 is 5.32 Å². The molecule has 2 aromatic rings. The summed E-state index contributed by atoms with van der Waals surface area (Å²) in [5.74, 6) is 0.455. The van der Waals surface area contributed by atoms with E-state index in [4.69, 9.17) is 0 Å². The van der Waals surface area contributed by atoms with E-state index in [0.717, 1.165) is 0 Å². The van der Waals surface area contributed by atoms with Crippen LogP contribution in [0.3, 0.4) is 0 Å². The highest BCUT2D eigenvalue weighted by atomic mass is 79.9. The van der Waals surface area contributed by atoms with Crippen molar-refractivity contribution >= 4 is 27.3 Å². The fourth-order valence-corrected chi connectivity index (χ4v) is 3.92. The van der Waals surface area contributed by atoms with Crippen LogP contribution in [0.1, 0.15) is 29.3 Å². The van der Waals surface area contributed by atoms with Crippen molar-refractivity contribution in [3.8, 4) is 0 Å². The fourth-order valence-electron chi connectivity index (χ4n) is 2.08. The molecule has 2 rings (SSSR count). The molecule has 3 heteroatoms. The van der Waals surface area contributed by atoms with E-state index in [1.54, 1.807) is 11.3 Å². The summed E-state index contributed by atoms with van der Waals surface area (Å²) in [6, 6.07) is 13.1. The van der Waals surface area contributed by atoms with E-state index in [1.165, 1.54) is 14.9 Å². The lowest BCUT2D eigenvalue weighted by molar-refractivity contribution is 0.514. The number of halogens is 1. The maximum Gasteiger partial charge on any atom is 0.0490 e. The average Bonchev–Trinajstić information content (AvgIpc) is 2.78. The van der Waals surface area contributed by atoms with Crippen LogP contribution in [0, 0.1) is 0 Å². The number of nitrogens with one attached hydrogen (secondary N) is 1. The van der Waals surface area contributed by atoms with Crippen molar-refractivity contribution in [2.24, 2.45) is 0 Å². The topological polar surface area (TPSA) is 12.0 Å². The molecule has 2 atom stereocenters. The van der Waals surface area contributed by atoms with Gasteiger partial charge in [0.25, 0.3) is 0 Å². The van der Waals surface area contributed by atoms with Crippen LogP contribution in [-0.4, -0.2) is 7.05 Å². The van der Waals surface area contributed by atoms with Gasteiger partial charge in [-0.05, 0) is 40.0 Å². The van der Waals surface area contributed by atoms with Gasteiger partial charge in [0.05, 0.1) is 0 Å². The standard InChI is InChI=1S/C14H16BrNS/c1-10(11-6-4-3-5-7-11)13(16-2)14-12(15)8-9-17-14/h3-10,13,16H,1-2H3. The summed E-state index contributed by atoms with van der Waals surface area (Å²) in [7, 11) is 2.02. The van der Waals surface area contributed by atoms with E-state index in [9.17, 15) is 0 Å². The monoisotopic (exact) mass is 309 g/mol. The van der Waals surface area contributed by atoms with Crippen LogP contribution >= 0.6 is 27.3 Å². The van der Waals surface area contributed by atoms with Crippen molar-refractivity contribution in [2.45, 2.75) is 18.9 Å². The van der Waals surface area contributed by atoms with Crippen molar-refractivity contribution in [3.63, 3.8) is 0 Å². The van der Waals surface area contributed by atoms with Gasteiger partial charge in [-0.3, -0.25) is 0 Å². The molecule has 0 radical (unpaired) electrons. The minimum absolute atomic E-state index is 0.353. The van der Waals surface area contributed by atoms with E-state index in [1.807, 2.05) is 7.05 Å². The van der Waals surface area contributed by atoms with Crippen LogP contribution < -0.4 is 5.32 Å². The van der Waals surface area contributed by atoms with E-state index >= 15 is 0 Å². The summed E-state index contributed by atoms with van der Waals surface area (Å²) in [4.78, 5) is 1.36. The molecule has 0 amide bonds. The summed E-state index contributed by atoms with van der Waals surface area (Å²) in [6.45, 7) is 2.27. The van der Waals surface area contributed by atoms with Crippen molar-refractivity contribution in [3.05, 3.63) is 56.7 Å². The van der Waals surface area contributed by atoms with Gasteiger partial charge in [0, 0.05) is 21.3 Å². The minimum Gasteiger partial charge on any atom is -0.312 e. The molecule has 0 aliphatic rings. The fraction of sp³-hybridized carbons (Fsp3) is 0.286. The highest BCUT2D eigenvalue weighted by Crippen LogP contribution is 2.37. The van der Waals surface area contributed by atoms with Gasteiger partial charge >= 0.3 is 0 Å². The second kappa shape index (κ2) is 5.80. The maximum absolute atomic E-state index is 3.62. The first kappa shape index (κ1) is 12.8. The first-order chi connectivity index (χ1) is 8.24. The van der Waals surface area contributed by atoms with Gasteiger partial charge in [0.2, 0.25) is 0 Å². The smallest absolute Gasteiger partial charge is 0.0490 e. The Balaban J connectivity index is 2.28. The lowest BCUT2D eigenvalue weighted by Gasteiger charge is -2.23. The molecule has 17 heavy (non-hydrogen) atoms. The molecule has 90 valence electrons. The number of likely N-dealkylation sites (N-methyl/N-ethyl adjacent to an activating group) is 1. The molecule has 1 nitrogen and oxygen atoms in total. The largest absolute Gasteiger partial charge is 0.312 e. The third kappa shape index (κ3) is 2.79. The molecule has 0 saturated carbocycles.